The van der Waals surface area contributed by atoms with Crippen LogP contribution in [0.25, 0.3) is 0 Å². The van der Waals surface area contributed by atoms with E-state index in [2.05, 4.69) is 28.2 Å². The average Bonchev–Trinajstić information content (AvgIpc) is 2.74. The van der Waals surface area contributed by atoms with E-state index in [1.54, 1.807) is 31.2 Å². The zero-order valence-corrected chi connectivity index (χ0v) is 19.3. The Morgan fingerprint density at radius 1 is 1.10 bits per heavy atom. The van der Waals surface area contributed by atoms with Crippen molar-refractivity contribution < 1.29 is 23.9 Å². The second-order valence-corrected chi connectivity index (χ2v) is 8.25. The fourth-order valence-corrected chi connectivity index (χ4v) is 3.87. The van der Waals surface area contributed by atoms with E-state index in [1.807, 2.05) is 0 Å². The zero-order valence-electron chi connectivity index (χ0n) is 17.7. The van der Waals surface area contributed by atoms with Gasteiger partial charge in [-0.25, -0.2) is 4.79 Å². The molecule has 0 atom stereocenters. The van der Waals surface area contributed by atoms with Crippen molar-refractivity contribution in [1.82, 2.24) is 5.32 Å². The molecule has 1 fully saturated rings. The van der Waals surface area contributed by atoms with Crippen LogP contribution in [0.15, 0.2) is 34.8 Å². The van der Waals surface area contributed by atoms with E-state index < -0.39 is 17.4 Å². The molecular formula is C23H30BrNO5. The fraction of sp³-hybridized carbons (Fsp3) is 0.522. The van der Waals surface area contributed by atoms with Crippen LogP contribution in [0.1, 0.15) is 69.2 Å². The first kappa shape index (κ1) is 24.1. The van der Waals surface area contributed by atoms with Crippen LogP contribution in [-0.2, 0) is 14.3 Å². The minimum absolute atomic E-state index is 0.120. The summed E-state index contributed by atoms with van der Waals surface area (Å²) in [6.45, 7) is 4.72. The molecule has 0 heterocycles. The lowest BCUT2D eigenvalue weighted by Crippen LogP contribution is -2.56. The van der Waals surface area contributed by atoms with Crippen molar-refractivity contribution in [3.8, 4) is 5.75 Å². The highest BCUT2D eigenvalue weighted by Gasteiger charge is 2.42. The lowest BCUT2D eigenvalue weighted by Gasteiger charge is -2.35. The maximum Gasteiger partial charge on any atom is 0.331 e. The number of esters is 1. The molecule has 6 nitrogen and oxygen atoms in total. The van der Waals surface area contributed by atoms with Gasteiger partial charge >= 0.3 is 5.97 Å². The minimum atomic E-state index is -1.02. The highest BCUT2D eigenvalue weighted by molar-refractivity contribution is 9.12. The molecule has 164 valence electrons. The number of rotatable bonds is 10. The van der Waals surface area contributed by atoms with Crippen molar-refractivity contribution in [1.29, 1.82) is 0 Å². The smallest absolute Gasteiger partial charge is 0.331 e. The Morgan fingerprint density at radius 3 is 2.37 bits per heavy atom. The Hall–Kier alpha value is -2.15. The molecule has 0 unspecified atom stereocenters. The summed E-state index contributed by atoms with van der Waals surface area (Å²) in [6, 6.07) is 6.80. The molecule has 2 rings (SSSR count). The summed E-state index contributed by atoms with van der Waals surface area (Å²) in [6.07, 6.45) is 6.99. The van der Waals surface area contributed by atoms with Gasteiger partial charge in [0.05, 0.1) is 17.7 Å². The second kappa shape index (κ2) is 11.9. The van der Waals surface area contributed by atoms with Crippen molar-refractivity contribution in [2.75, 3.05) is 13.2 Å². The molecule has 0 spiro atoms. The summed E-state index contributed by atoms with van der Waals surface area (Å²) in [4.78, 5) is 37.7. The fourth-order valence-electron chi connectivity index (χ4n) is 3.43. The van der Waals surface area contributed by atoms with E-state index in [0.717, 1.165) is 32.1 Å². The summed E-state index contributed by atoms with van der Waals surface area (Å²) >= 11 is 3.20. The molecule has 0 bridgehead atoms. The highest BCUT2D eigenvalue weighted by atomic mass is 79.9. The molecule has 1 aromatic rings. The topological polar surface area (TPSA) is 81.7 Å². The van der Waals surface area contributed by atoms with Crippen LogP contribution in [-0.4, -0.2) is 36.4 Å². The molecular weight excluding hydrogens is 450 g/mol. The Kier molecular flexibility index (Phi) is 9.56. The number of unbranched alkanes of at least 4 members (excludes halogenated alkanes) is 1. The van der Waals surface area contributed by atoms with E-state index in [1.165, 1.54) is 6.08 Å². The van der Waals surface area contributed by atoms with Crippen LogP contribution in [0.2, 0.25) is 0 Å². The van der Waals surface area contributed by atoms with Crippen molar-refractivity contribution in [3.63, 3.8) is 0 Å². The van der Waals surface area contributed by atoms with Gasteiger partial charge in [-0.15, -0.1) is 0 Å². The van der Waals surface area contributed by atoms with E-state index in [-0.39, 0.29) is 16.9 Å². The molecule has 0 aromatic heterocycles. The van der Waals surface area contributed by atoms with E-state index in [4.69, 9.17) is 9.47 Å². The lowest BCUT2D eigenvalue weighted by molar-refractivity contribution is -0.154. The van der Waals surface area contributed by atoms with Crippen LogP contribution in [0.3, 0.4) is 0 Å². The van der Waals surface area contributed by atoms with Gasteiger partial charge in [0, 0.05) is 11.6 Å². The molecule has 0 radical (unpaired) electrons. The summed E-state index contributed by atoms with van der Waals surface area (Å²) in [7, 11) is 0. The lowest BCUT2D eigenvalue weighted by atomic mass is 9.81. The van der Waals surface area contributed by atoms with E-state index in [0.29, 0.717) is 30.8 Å². The first-order valence-corrected chi connectivity index (χ1v) is 11.3. The molecule has 7 heteroatoms. The van der Waals surface area contributed by atoms with Crippen LogP contribution >= 0.6 is 15.9 Å². The highest BCUT2D eigenvalue weighted by Crippen LogP contribution is 2.30. The van der Waals surface area contributed by atoms with Gasteiger partial charge in [0.25, 0.3) is 0 Å². The number of carbonyl (C=O) groups excluding carboxylic acids is 3. The van der Waals surface area contributed by atoms with Gasteiger partial charge < -0.3 is 14.8 Å². The Labute approximate surface area is 186 Å². The van der Waals surface area contributed by atoms with E-state index in [9.17, 15) is 14.4 Å². The average molecular weight is 480 g/mol. The monoisotopic (exact) mass is 479 g/mol. The Bertz CT molecular complexity index is 766. The standard InChI is InChI=1S/C23H30BrNO5/c1-3-5-15-30-18-11-9-17(10-12-18)21(27)19(24)16-20(26)25-23(22(28)29-4-2)13-7-6-8-14-23/h9-12,16H,3-8,13-15H2,1-2H3,(H,25,26). The zero-order chi connectivity index (χ0) is 22.0. The maximum absolute atomic E-state index is 12.6. The number of carbonyl (C=O) groups is 3. The van der Waals surface area contributed by atoms with Gasteiger partial charge in [-0.2, -0.15) is 0 Å². The Morgan fingerprint density at radius 2 is 1.77 bits per heavy atom. The largest absolute Gasteiger partial charge is 0.494 e. The van der Waals surface area contributed by atoms with Crippen LogP contribution in [0.5, 0.6) is 5.75 Å². The van der Waals surface area contributed by atoms with Gasteiger partial charge in [0.2, 0.25) is 5.91 Å². The third kappa shape index (κ3) is 6.69. The van der Waals surface area contributed by atoms with Crippen molar-refractivity contribution in [3.05, 3.63) is 40.4 Å². The molecule has 1 aliphatic rings. The molecule has 0 aliphatic heterocycles. The second-order valence-electron chi connectivity index (χ2n) is 7.40. The summed E-state index contributed by atoms with van der Waals surface area (Å²) in [5.74, 6) is -0.525. The third-order valence-electron chi connectivity index (χ3n) is 5.09. The van der Waals surface area contributed by atoms with Crippen LogP contribution in [0.4, 0.5) is 0 Å². The number of amides is 1. The predicted octanol–water partition coefficient (Wildman–Crippen LogP) is 4.71. The first-order valence-electron chi connectivity index (χ1n) is 10.6. The van der Waals surface area contributed by atoms with Gasteiger partial charge in [0.15, 0.2) is 5.78 Å². The maximum atomic E-state index is 12.6. The van der Waals surface area contributed by atoms with Gasteiger partial charge in [-0.05, 0) is 66.4 Å². The first-order chi connectivity index (χ1) is 14.4. The molecule has 1 aromatic carbocycles. The number of benzene rings is 1. The molecule has 1 N–H and O–H groups in total. The van der Waals surface area contributed by atoms with Crippen molar-refractivity contribution in [2.45, 2.75) is 64.3 Å². The molecule has 1 saturated carbocycles. The number of allylic oxidation sites excluding steroid dienone is 1. The summed E-state index contributed by atoms with van der Waals surface area (Å²) < 4.78 is 10.9. The molecule has 1 aliphatic carbocycles. The molecule has 30 heavy (non-hydrogen) atoms. The predicted molar refractivity (Wildman–Crippen MR) is 119 cm³/mol. The molecule has 1 amide bonds. The number of nitrogens with one attached hydrogen (secondary N) is 1. The van der Waals surface area contributed by atoms with E-state index >= 15 is 0 Å². The van der Waals surface area contributed by atoms with Crippen LogP contribution in [0, 0.1) is 0 Å². The number of halogens is 1. The van der Waals surface area contributed by atoms with Crippen molar-refractivity contribution in [2.24, 2.45) is 0 Å². The van der Waals surface area contributed by atoms with Crippen molar-refractivity contribution >= 4 is 33.6 Å². The van der Waals surface area contributed by atoms with Gasteiger partial charge in [-0.1, -0.05) is 32.6 Å². The normalized spacial score (nSPS) is 15.9. The number of hydrogen-bond acceptors (Lipinski definition) is 5. The van der Waals surface area contributed by atoms with Gasteiger partial charge in [0.1, 0.15) is 11.3 Å². The quantitative estimate of drug-likeness (QED) is 0.227. The van der Waals surface area contributed by atoms with Gasteiger partial charge in [-0.3, -0.25) is 9.59 Å². The third-order valence-corrected chi connectivity index (χ3v) is 5.68. The number of hydrogen-bond donors (Lipinski definition) is 1. The SMILES string of the molecule is CCCCOc1ccc(C(=O)C(Br)=CC(=O)NC2(C(=O)OCC)CCCCC2)cc1. The minimum Gasteiger partial charge on any atom is -0.494 e. The van der Waals surface area contributed by atoms with Crippen LogP contribution < -0.4 is 10.1 Å². The Balaban J connectivity index is 2.04. The number of ketones is 1. The molecule has 0 saturated heterocycles. The number of ether oxygens (including phenoxy) is 2. The number of Topliss-reactive ketones (excluding diaryl/α,β-unsaturated/α-hetero) is 1. The summed E-state index contributed by atoms with van der Waals surface area (Å²) in [5, 5.41) is 2.80. The summed E-state index contributed by atoms with van der Waals surface area (Å²) in [5.41, 5.74) is -0.582.